The lowest BCUT2D eigenvalue weighted by molar-refractivity contribution is 0.122. The Morgan fingerprint density at radius 1 is 1.00 bits per heavy atom. The van der Waals surface area contributed by atoms with Gasteiger partial charge in [-0.3, -0.25) is 0 Å². The molecule has 1 saturated heterocycles. The Hall–Kier alpha value is -3.54. The van der Waals surface area contributed by atoms with E-state index < -0.39 is 10.0 Å². The van der Waals surface area contributed by atoms with Gasteiger partial charge in [-0.2, -0.15) is 0 Å². The molecule has 2 aromatic carbocycles. The number of hydrogen-bond acceptors (Lipinski definition) is 9. The smallest absolute Gasteiger partial charge is 0.238 e. The molecule has 2 fully saturated rings. The van der Waals surface area contributed by atoms with E-state index in [1.54, 1.807) is 25.4 Å². The summed E-state index contributed by atoms with van der Waals surface area (Å²) in [6.07, 6.45) is 9.25. The maximum atomic E-state index is 13.2. The van der Waals surface area contributed by atoms with Crippen LogP contribution in [0.3, 0.4) is 0 Å². The largest absolute Gasteiger partial charge is 0.494 e. The highest BCUT2D eigenvalue weighted by molar-refractivity contribution is 7.90. The van der Waals surface area contributed by atoms with Crippen LogP contribution in [-0.4, -0.2) is 67.6 Å². The third-order valence-electron chi connectivity index (χ3n) is 8.72. The van der Waals surface area contributed by atoms with Gasteiger partial charge < -0.3 is 24.4 Å². The number of rotatable bonds is 4. The maximum absolute atomic E-state index is 13.2. The SMILES string of the molecule is CCS(=O)(=O)n1cc2c3ccc(cc31)OCCCCCCOc1cc(c(C3CC3)cc1N1CCOCC1)Nc1ncc(Cl)c-2n1. The van der Waals surface area contributed by atoms with Crippen molar-refractivity contribution in [2.75, 3.05) is 55.5 Å². The predicted octanol–water partition coefficient (Wildman–Crippen LogP) is 6.74. The molecule has 4 aromatic rings. The second-order valence-corrected chi connectivity index (χ2v) is 14.4. The Morgan fingerprint density at radius 3 is 2.53 bits per heavy atom. The van der Waals surface area contributed by atoms with E-state index in [9.17, 15) is 8.42 Å². The van der Waals surface area contributed by atoms with Gasteiger partial charge in [-0.15, -0.1) is 0 Å². The number of halogens is 1. The van der Waals surface area contributed by atoms with Crippen LogP contribution in [0.15, 0.2) is 42.7 Å². The van der Waals surface area contributed by atoms with E-state index in [0.29, 0.717) is 71.2 Å². The Balaban J connectivity index is 1.35. The van der Waals surface area contributed by atoms with E-state index in [-0.39, 0.29) is 5.75 Å². The number of nitrogens with zero attached hydrogens (tertiary/aromatic N) is 4. The van der Waals surface area contributed by atoms with Gasteiger partial charge in [0.05, 0.1) is 60.3 Å². The molecule has 12 heteroatoms. The minimum atomic E-state index is -3.62. The molecule has 0 atom stereocenters. The second kappa shape index (κ2) is 12.7. The molecule has 1 saturated carbocycles. The first-order valence-electron chi connectivity index (χ1n) is 15.9. The van der Waals surface area contributed by atoms with Crippen LogP contribution in [0.2, 0.25) is 5.02 Å². The molecule has 238 valence electrons. The van der Waals surface area contributed by atoms with Gasteiger partial charge in [0.2, 0.25) is 16.0 Å². The van der Waals surface area contributed by atoms with Crippen LogP contribution >= 0.6 is 11.6 Å². The third kappa shape index (κ3) is 6.30. The van der Waals surface area contributed by atoms with Crippen molar-refractivity contribution in [3.05, 3.63) is 53.3 Å². The average molecular weight is 652 g/mol. The normalized spacial score (nSPS) is 18.0. The number of nitrogens with one attached hydrogen (secondary N) is 1. The zero-order valence-electron chi connectivity index (χ0n) is 25.4. The number of benzene rings is 2. The summed E-state index contributed by atoms with van der Waals surface area (Å²) in [6, 6.07) is 9.89. The fraction of sp³-hybridized carbons (Fsp3) is 0.455. The van der Waals surface area contributed by atoms with Gasteiger partial charge in [-0.1, -0.05) is 11.6 Å². The molecule has 8 rings (SSSR count). The van der Waals surface area contributed by atoms with Crippen LogP contribution in [-0.2, 0) is 14.8 Å². The van der Waals surface area contributed by atoms with Crippen LogP contribution in [0, 0.1) is 0 Å². The van der Waals surface area contributed by atoms with Crippen molar-refractivity contribution in [2.45, 2.75) is 51.4 Å². The lowest BCUT2D eigenvalue weighted by Crippen LogP contribution is -2.36. The first-order chi connectivity index (χ1) is 21.9. The number of fused-ring (bicyclic) bond motifs is 8. The van der Waals surface area contributed by atoms with Crippen LogP contribution < -0.4 is 19.7 Å². The molecule has 1 aliphatic carbocycles. The van der Waals surface area contributed by atoms with Crippen molar-refractivity contribution < 1.29 is 22.6 Å². The zero-order chi connectivity index (χ0) is 31.0. The number of hydrogen-bond donors (Lipinski definition) is 1. The number of ether oxygens (including phenoxy) is 3. The van der Waals surface area contributed by atoms with Gasteiger partial charge in [-0.05, 0) is 75.1 Å². The quantitative estimate of drug-likeness (QED) is 0.257. The first-order valence-corrected chi connectivity index (χ1v) is 17.8. The Bertz CT molecular complexity index is 1820. The Labute approximate surface area is 268 Å². The number of anilines is 3. The molecule has 1 N–H and O–H groups in total. The predicted molar refractivity (Wildman–Crippen MR) is 177 cm³/mol. The highest BCUT2D eigenvalue weighted by Crippen LogP contribution is 2.48. The van der Waals surface area contributed by atoms with Crippen molar-refractivity contribution in [1.82, 2.24) is 13.9 Å². The second-order valence-electron chi connectivity index (χ2n) is 11.8. The van der Waals surface area contributed by atoms with Crippen molar-refractivity contribution in [3.63, 3.8) is 0 Å². The third-order valence-corrected chi connectivity index (χ3v) is 10.6. The van der Waals surface area contributed by atoms with Crippen molar-refractivity contribution in [3.8, 4) is 22.8 Å². The molecule has 0 unspecified atom stereocenters. The monoisotopic (exact) mass is 651 g/mol. The van der Waals surface area contributed by atoms with Gasteiger partial charge in [0.15, 0.2) is 0 Å². The van der Waals surface area contributed by atoms with E-state index in [1.165, 1.54) is 9.54 Å². The summed E-state index contributed by atoms with van der Waals surface area (Å²) >= 11 is 6.71. The summed E-state index contributed by atoms with van der Waals surface area (Å²) < 4.78 is 45.9. The minimum absolute atomic E-state index is 0.0551. The van der Waals surface area contributed by atoms with Crippen molar-refractivity contribution in [1.29, 1.82) is 0 Å². The molecule has 0 amide bonds. The maximum Gasteiger partial charge on any atom is 0.238 e. The molecule has 8 bridgehead atoms. The van der Waals surface area contributed by atoms with Crippen molar-refractivity contribution in [2.24, 2.45) is 0 Å². The van der Waals surface area contributed by atoms with Gasteiger partial charge >= 0.3 is 0 Å². The van der Waals surface area contributed by atoms with Crippen molar-refractivity contribution >= 4 is 49.9 Å². The van der Waals surface area contributed by atoms with E-state index in [0.717, 1.165) is 68.7 Å². The fourth-order valence-electron chi connectivity index (χ4n) is 6.08. The highest BCUT2D eigenvalue weighted by atomic mass is 35.5. The molecule has 3 aliphatic heterocycles. The molecule has 5 heterocycles. The van der Waals surface area contributed by atoms with Crippen LogP contribution in [0.25, 0.3) is 22.2 Å². The number of morpholine rings is 1. The molecule has 2 aromatic heterocycles. The molecule has 0 radical (unpaired) electrons. The highest BCUT2D eigenvalue weighted by Gasteiger charge is 2.30. The van der Waals surface area contributed by atoms with Crippen LogP contribution in [0.5, 0.6) is 11.5 Å². The van der Waals surface area contributed by atoms with Gasteiger partial charge in [-0.25, -0.2) is 22.4 Å². The molecular formula is C33H38ClN5O5S. The van der Waals surface area contributed by atoms with Gasteiger partial charge in [0.25, 0.3) is 0 Å². The topological polar surface area (TPSA) is 108 Å². The van der Waals surface area contributed by atoms with E-state index in [2.05, 4.69) is 27.3 Å². The molecule has 10 nitrogen and oxygen atoms in total. The number of aromatic nitrogens is 3. The molecule has 0 spiro atoms. The zero-order valence-corrected chi connectivity index (χ0v) is 27.0. The standard InChI is InChI=1S/C33H38ClN5O5S/c1-2-45(40,41)39-21-26-24-10-9-23(17-29(24)39)43-13-5-3-4-6-14-44-31-19-28(36-33-35-20-27(34)32(26)37-33)25(22-7-8-22)18-30(31)38-11-15-42-16-12-38/h9-10,17-22H,2-8,11-16H2,1H3,(H,35,36,37). The van der Waals surface area contributed by atoms with Crippen LogP contribution in [0.4, 0.5) is 17.3 Å². The fourth-order valence-corrected chi connectivity index (χ4v) is 7.27. The summed E-state index contributed by atoms with van der Waals surface area (Å²) in [5.74, 6) is 2.22. The molecular weight excluding hydrogens is 614 g/mol. The summed E-state index contributed by atoms with van der Waals surface area (Å²) in [5.41, 5.74) is 4.80. The summed E-state index contributed by atoms with van der Waals surface area (Å²) in [5, 5.41) is 4.51. The molecule has 4 aliphatic rings. The lowest BCUT2D eigenvalue weighted by atomic mass is 10.1. The summed E-state index contributed by atoms with van der Waals surface area (Å²) in [7, 11) is -3.62. The summed E-state index contributed by atoms with van der Waals surface area (Å²) in [4.78, 5) is 11.7. The first kappa shape index (κ1) is 30.1. The summed E-state index contributed by atoms with van der Waals surface area (Å²) in [6.45, 7) is 5.81. The lowest BCUT2D eigenvalue weighted by Gasteiger charge is -2.31. The molecule has 45 heavy (non-hydrogen) atoms. The Kier molecular flexibility index (Phi) is 8.50. The minimum Gasteiger partial charge on any atom is -0.494 e. The van der Waals surface area contributed by atoms with E-state index in [4.69, 9.17) is 30.8 Å². The Morgan fingerprint density at radius 2 is 1.78 bits per heavy atom. The van der Waals surface area contributed by atoms with Gasteiger partial charge in [0, 0.05) is 48.1 Å². The van der Waals surface area contributed by atoms with Crippen LogP contribution in [0.1, 0.15) is 56.9 Å². The average Bonchev–Trinajstić information content (AvgIpc) is 3.83. The van der Waals surface area contributed by atoms with E-state index >= 15 is 0 Å². The van der Waals surface area contributed by atoms with Gasteiger partial charge in [0.1, 0.15) is 11.5 Å². The van der Waals surface area contributed by atoms with E-state index in [1.807, 2.05) is 12.1 Å².